The summed E-state index contributed by atoms with van der Waals surface area (Å²) in [6.45, 7) is 2.79. The molecule has 1 amide bonds. The predicted molar refractivity (Wildman–Crippen MR) is 71.5 cm³/mol. The fourth-order valence-electron chi connectivity index (χ4n) is 2.33. The number of hydrogen-bond acceptors (Lipinski definition) is 4. The molecule has 1 fully saturated rings. The van der Waals surface area contributed by atoms with Crippen molar-refractivity contribution in [3.8, 4) is 6.07 Å². The molecule has 100 valence electrons. The van der Waals surface area contributed by atoms with Crippen LogP contribution < -0.4 is 5.32 Å². The van der Waals surface area contributed by atoms with Gasteiger partial charge in [-0.3, -0.25) is 4.79 Å². The van der Waals surface area contributed by atoms with Crippen molar-refractivity contribution in [3.63, 3.8) is 0 Å². The van der Waals surface area contributed by atoms with Gasteiger partial charge in [-0.2, -0.15) is 5.26 Å². The summed E-state index contributed by atoms with van der Waals surface area (Å²) in [4.78, 5) is 17.9. The zero-order chi connectivity index (χ0) is 13.7. The van der Waals surface area contributed by atoms with Gasteiger partial charge in [0.25, 0.3) is 5.91 Å². The van der Waals surface area contributed by atoms with Crippen LogP contribution in [0.3, 0.4) is 0 Å². The van der Waals surface area contributed by atoms with Gasteiger partial charge in [0, 0.05) is 19.8 Å². The first-order valence-corrected chi connectivity index (χ1v) is 6.53. The minimum Gasteiger partial charge on any atom is -0.340 e. The van der Waals surface area contributed by atoms with Crippen molar-refractivity contribution < 1.29 is 4.79 Å². The molecule has 2 heterocycles. The fraction of sp³-hybridized carbons (Fsp3) is 0.500. The third-order valence-corrected chi connectivity index (χ3v) is 3.39. The summed E-state index contributed by atoms with van der Waals surface area (Å²) in [5, 5.41) is 12.0. The quantitative estimate of drug-likeness (QED) is 0.879. The Kier molecular flexibility index (Phi) is 4.48. The summed E-state index contributed by atoms with van der Waals surface area (Å²) in [6.07, 6.45) is 3.76. The number of nitrogens with zero attached hydrogens (tertiary/aromatic N) is 3. The van der Waals surface area contributed by atoms with E-state index in [2.05, 4.69) is 10.3 Å². The van der Waals surface area contributed by atoms with Gasteiger partial charge in [0.05, 0.1) is 5.56 Å². The summed E-state index contributed by atoms with van der Waals surface area (Å²) in [7, 11) is 1.80. The van der Waals surface area contributed by atoms with Gasteiger partial charge in [0.1, 0.15) is 11.8 Å². The zero-order valence-corrected chi connectivity index (χ0v) is 11.1. The van der Waals surface area contributed by atoms with E-state index < -0.39 is 0 Å². The van der Waals surface area contributed by atoms with Gasteiger partial charge in [-0.25, -0.2) is 4.98 Å². The maximum Gasteiger partial charge on any atom is 0.272 e. The van der Waals surface area contributed by atoms with Crippen molar-refractivity contribution in [1.82, 2.24) is 15.2 Å². The number of amides is 1. The average molecular weight is 258 g/mol. The first-order valence-electron chi connectivity index (χ1n) is 6.53. The number of aromatic nitrogens is 1. The van der Waals surface area contributed by atoms with Gasteiger partial charge in [-0.05, 0) is 44.0 Å². The van der Waals surface area contributed by atoms with E-state index in [1.807, 2.05) is 6.07 Å². The van der Waals surface area contributed by atoms with Gasteiger partial charge in [0.2, 0.25) is 0 Å². The van der Waals surface area contributed by atoms with E-state index in [1.54, 1.807) is 24.1 Å². The molecular weight excluding hydrogens is 240 g/mol. The highest BCUT2D eigenvalue weighted by molar-refractivity contribution is 5.92. The van der Waals surface area contributed by atoms with Crippen LogP contribution >= 0.6 is 0 Å². The van der Waals surface area contributed by atoms with Crippen molar-refractivity contribution in [2.45, 2.75) is 12.8 Å². The summed E-state index contributed by atoms with van der Waals surface area (Å²) in [5.41, 5.74) is 0.862. The van der Waals surface area contributed by atoms with Crippen LogP contribution in [0.15, 0.2) is 18.3 Å². The summed E-state index contributed by atoms with van der Waals surface area (Å²) >= 11 is 0. The number of pyridine rings is 1. The van der Waals surface area contributed by atoms with Crippen molar-refractivity contribution >= 4 is 5.91 Å². The van der Waals surface area contributed by atoms with E-state index >= 15 is 0 Å². The summed E-state index contributed by atoms with van der Waals surface area (Å²) in [6, 6.07) is 5.22. The molecule has 5 heteroatoms. The highest BCUT2D eigenvalue weighted by atomic mass is 16.2. The van der Waals surface area contributed by atoms with E-state index in [4.69, 9.17) is 5.26 Å². The Bertz CT molecular complexity index is 471. The molecule has 1 atom stereocenters. The smallest absolute Gasteiger partial charge is 0.272 e. The first-order chi connectivity index (χ1) is 9.20. The van der Waals surface area contributed by atoms with Gasteiger partial charge in [-0.15, -0.1) is 0 Å². The number of nitrogens with one attached hydrogen (secondary N) is 1. The molecule has 0 radical (unpaired) electrons. The summed E-state index contributed by atoms with van der Waals surface area (Å²) in [5.74, 6) is 0.427. The molecule has 1 aromatic rings. The second-order valence-corrected chi connectivity index (χ2v) is 4.94. The number of rotatable bonds is 3. The number of hydrogen-bond donors (Lipinski definition) is 1. The maximum atomic E-state index is 12.2. The molecule has 0 spiro atoms. The van der Waals surface area contributed by atoms with Crippen LogP contribution in [-0.2, 0) is 0 Å². The maximum absolute atomic E-state index is 12.2. The molecule has 2 rings (SSSR count). The Balaban J connectivity index is 1.95. The lowest BCUT2D eigenvalue weighted by Crippen LogP contribution is -2.39. The van der Waals surface area contributed by atoms with E-state index in [9.17, 15) is 4.79 Å². The molecule has 0 bridgehead atoms. The highest BCUT2D eigenvalue weighted by Crippen LogP contribution is 2.12. The van der Waals surface area contributed by atoms with Crippen LogP contribution in [0.25, 0.3) is 0 Å². The Morgan fingerprint density at radius 3 is 3.05 bits per heavy atom. The molecule has 0 aliphatic carbocycles. The lowest BCUT2D eigenvalue weighted by molar-refractivity contribution is 0.0759. The first kappa shape index (κ1) is 13.5. The molecule has 1 N–H and O–H groups in total. The number of piperidine rings is 1. The third-order valence-electron chi connectivity index (χ3n) is 3.39. The molecule has 1 aromatic heterocycles. The Hall–Kier alpha value is -1.93. The predicted octanol–water partition coefficient (Wildman–Crippen LogP) is 1.02. The largest absolute Gasteiger partial charge is 0.340 e. The Morgan fingerprint density at radius 2 is 2.47 bits per heavy atom. The van der Waals surface area contributed by atoms with E-state index in [0.29, 0.717) is 17.2 Å². The van der Waals surface area contributed by atoms with E-state index in [-0.39, 0.29) is 5.91 Å². The fourth-order valence-corrected chi connectivity index (χ4v) is 2.33. The van der Waals surface area contributed by atoms with Crippen LogP contribution in [-0.4, -0.2) is 42.5 Å². The van der Waals surface area contributed by atoms with Crippen molar-refractivity contribution in [2.24, 2.45) is 5.92 Å². The van der Waals surface area contributed by atoms with Crippen LogP contribution in [0.1, 0.15) is 28.9 Å². The van der Waals surface area contributed by atoms with Gasteiger partial charge >= 0.3 is 0 Å². The van der Waals surface area contributed by atoms with Gasteiger partial charge in [0.15, 0.2) is 0 Å². The molecule has 0 aromatic carbocycles. The molecule has 1 unspecified atom stereocenters. The SMILES string of the molecule is CN(CC1CCCNC1)C(=O)c1ccc(C#N)cn1. The topological polar surface area (TPSA) is 69.0 Å². The third kappa shape index (κ3) is 3.52. The summed E-state index contributed by atoms with van der Waals surface area (Å²) < 4.78 is 0. The molecule has 0 saturated carbocycles. The highest BCUT2D eigenvalue weighted by Gasteiger charge is 2.19. The Labute approximate surface area is 113 Å². The molecule has 1 aliphatic rings. The van der Waals surface area contributed by atoms with E-state index in [0.717, 1.165) is 26.1 Å². The molecule has 1 aliphatic heterocycles. The number of carbonyl (C=O) groups excluding carboxylic acids is 1. The number of carbonyl (C=O) groups is 1. The second kappa shape index (κ2) is 6.30. The van der Waals surface area contributed by atoms with Crippen molar-refractivity contribution in [2.75, 3.05) is 26.7 Å². The lowest BCUT2D eigenvalue weighted by atomic mass is 9.99. The monoisotopic (exact) mass is 258 g/mol. The number of nitriles is 1. The van der Waals surface area contributed by atoms with Crippen LogP contribution in [0.2, 0.25) is 0 Å². The normalized spacial score (nSPS) is 18.6. The average Bonchev–Trinajstić information content (AvgIpc) is 2.47. The molecule has 1 saturated heterocycles. The second-order valence-electron chi connectivity index (χ2n) is 4.94. The van der Waals surface area contributed by atoms with Gasteiger partial charge < -0.3 is 10.2 Å². The van der Waals surface area contributed by atoms with Crippen molar-refractivity contribution in [1.29, 1.82) is 5.26 Å². The zero-order valence-electron chi connectivity index (χ0n) is 11.1. The van der Waals surface area contributed by atoms with Gasteiger partial charge in [-0.1, -0.05) is 0 Å². The van der Waals surface area contributed by atoms with Crippen LogP contribution in [0.5, 0.6) is 0 Å². The molecule has 5 nitrogen and oxygen atoms in total. The minimum atomic E-state index is -0.0879. The van der Waals surface area contributed by atoms with Crippen LogP contribution in [0.4, 0.5) is 0 Å². The van der Waals surface area contributed by atoms with E-state index in [1.165, 1.54) is 12.6 Å². The Morgan fingerprint density at radius 1 is 1.63 bits per heavy atom. The van der Waals surface area contributed by atoms with Crippen molar-refractivity contribution in [3.05, 3.63) is 29.6 Å². The van der Waals surface area contributed by atoms with Crippen LogP contribution in [0, 0.1) is 17.2 Å². The standard InChI is InChI=1S/C14H18N4O/c1-18(10-12-3-2-6-16-8-12)14(19)13-5-4-11(7-15)9-17-13/h4-5,9,12,16H,2-3,6,8,10H2,1H3. The minimum absolute atomic E-state index is 0.0879. The molecular formula is C14H18N4O. The molecule has 19 heavy (non-hydrogen) atoms. The lowest BCUT2D eigenvalue weighted by Gasteiger charge is -2.27.